The van der Waals surface area contributed by atoms with Gasteiger partial charge in [0.15, 0.2) is 0 Å². The summed E-state index contributed by atoms with van der Waals surface area (Å²) in [4.78, 5) is 0. The maximum atomic E-state index is 4.39. The molecule has 0 aliphatic rings. The number of fused-ring (bicyclic) bond motifs is 2. The van der Waals surface area contributed by atoms with Crippen molar-refractivity contribution in [3.8, 4) is 0 Å². The maximum absolute atomic E-state index is 4.39. The molecule has 2 heteroatoms. The van der Waals surface area contributed by atoms with E-state index in [-0.39, 0.29) is 0 Å². The van der Waals surface area contributed by atoms with Gasteiger partial charge >= 0.3 is 0 Å². The fraction of sp³-hybridized carbons (Fsp3) is 0.118. The van der Waals surface area contributed by atoms with E-state index in [1.165, 1.54) is 22.2 Å². The maximum Gasteiger partial charge on any atom is 0.0538 e. The first kappa shape index (κ1) is 24.8. The molecule has 0 radical (unpaired) electrons. The van der Waals surface area contributed by atoms with Crippen LogP contribution in [-0.2, 0) is 7.05 Å². The van der Waals surface area contributed by atoms with E-state index in [9.17, 15) is 0 Å². The fourth-order valence-electron chi connectivity index (χ4n) is 4.88. The molecule has 0 bridgehead atoms. The molecule has 180 valence electrons. The van der Waals surface area contributed by atoms with Gasteiger partial charge in [0.1, 0.15) is 0 Å². The highest BCUT2D eigenvalue weighted by atomic mass is 15.0. The Balaban J connectivity index is 1.81. The Morgan fingerprint density at radius 1 is 0.917 bits per heavy atom. The number of hydrogen-bond donors (Lipinski definition) is 0. The van der Waals surface area contributed by atoms with Crippen molar-refractivity contribution >= 4 is 51.3 Å². The summed E-state index contributed by atoms with van der Waals surface area (Å²) in [7, 11) is 2.12. The summed E-state index contributed by atoms with van der Waals surface area (Å²) in [6.45, 7) is 18.7. The molecular weight excluding hydrogens is 436 g/mol. The monoisotopic (exact) mass is 470 g/mol. The molecule has 0 fully saturated rings. The predicted octanol–water partition coefficient (Wildman–Crippen LogP) is 9.45. The van der Waals surface area contributed by atoms with Crippen LogP contribution in [0.1, 0.15) is 41.9 Å². The van der Waals surface area contributed by atoms with Gasteiger partial charge in [-0.25, -0.2) is 0 Å². The van der Waals surface area contributed by atoms with Gasteiger partial charge in [-0.3, -0.25) is 0 Å². The van der Waals surface area contributed by atoms with Crippen LogP contribution in [0.25, 0.3) is 51.3 Å². The van der Waals surface area contributed by atoms with E-state index in [0.29, 0.717) is 0 Å². The molecule has 0 saturated carbocycles. The van der Waals surface area contributed by atoms with Crippen molar-refractivity contribution in [2.75, 3.05) is 0 Å². The van der Waals surface area contributed by atoms with Gasteiger partial charge in [-0.1, -0.05) is 80.5 Å². The predicted molar refractivity (Wildman–Crippen MR) is 162 cm³/mol. The Hall–Kier alpha value is -4.30. The molecule has 0 amide bonds. The van der Waals surface area contributed by atoms with Crippen LogP contribution in [0.2, 0.25) is 0 Å². The van der Waals surface area contributed by atoms with Crippen molar-refractivity contribution in [2.45, 2.75) is 20.8 Å². The lowest BCUT2D eigenvalue weighted by Gasteiger charge is -2.09. The van der Waals surface area contributed by atoms with Crippen LogP contribution in [-0.4, -0.2) is 9.13 Å². The van der Waals surface area contributed by atoms with Crippen LogP contribution in [0, 0.1) is 6.92 Å². The van der Waals surface area contributed by atoms with E-state index in [4.69, 9.17) is 0 Å². The van der Waals surface area contributed by atoms with Crippen LogP contribution in [0.15, 0.2) is 98.7 Å². The molecule has 2 aromatic heterocycles. The molecule has 0 saturated heterocycles. The van der Waals surface area contributed by atoms with Gasteiger partial charge in [0, 0.05) is 40.3 Å². The Bertz CT molecular complexity index is 1570. The van der Waals surface area contributed by atoms with E-state index < -0.39 is 0 Å². The zero-order valence-electron chi connectivity index (χ0n) is 21.8. The summed E-state index contributed by atoms with van der Waals surface area (Å²) in [6.07, 6.45) is 18.3. The summed E-state index contributed by atoms with van der Waals surface area (Å²) < 4.78 is 4.51. The van der Waals surface area contributed by atoms with E-state index in [2.05, 4.69) is 123 Å². The summed E-state index contributed by atoms with van der Waals surface area (Å²) in [6, 6.07) is 15.1. The van der Waals surface area contributed by atoms with Crippen molar-refractivity contribution in [3.63, 3.8) is 0 Å². The first-order valence-corrected chi connectivity index (χ1v) is 12.2. The second kappa shape index (κ2) is 10.5. The SMILES string of the molecule is C=C/C=C\c1c(C=C)c2cc(C(=C)/C=C\c3c(C)c4ccccc4n3C)ccc2n1/C(C)=C/C=C\C. The topological polar surface area (TPSA) is 9.86 Å². The molecule has 4 rings (SSSR count). The number of aromatic nitrogens is 2. The van der Waals surface area contributed by atoms with Gasteiger partial charge in [0.25, 0.3) is 0 Å². The summed E-state index contributed by atoms with van der Waals surface area (Å²) in [5.41, 5.74) is 10.2. The normalized spacial score (nSPS) is 12.6. The first-order chi connectivity index (χ1) is 17.4. The number of benzene rings is 2. The lowest BCUT2D eigenvalue weighted by molar-refractivity contribution is 0.949. The smallest absolute Gasteiger partial charge is 0.0538 e. The standard InChI is InChI=1S/C34H34N2/c1-8-11-15-25(5)36-33(17-12-9-2)28(10-3)30-23-27(20-22-34(30)36)24(4)19-21-31-26(6)29-16-13-14-18-32(29)35(31)7/h8-23H,2-4H2,1,5-7H3/b11-8-,17-12-,21-19-,25-15+. The third kappa shape index (κ3) is 4.38. The molecule has 0 spiro atoms. The highest BCUT2D eigenvalue weighted by molar-refractivity contribution is 5.98. The quantitative estimate of drug-likeness (QED) is 0.227. The minimum absolute atomic E-state index is 0.966. The molecule has 0 N–H and O–H groups in total. The Kier molecular flexibility index (Phi) is 7.26. The van der Waals surface area contributed by atoms with Crippen molar-refractivity contribution in [1.82, 2.24) is 9.13 Å². The average molecular weight is 471 g/mol. The Labute approximate surface area is 214 Å². The third-order valence-electron chi connectivity index (χ3n) is 6.75. The minimum atomic E-state index is 0.966. The van der Waals surface area contributed by atoms with Crippen molar-refractivity contribution in [1.29, 1.82) is 0 Å². The minimum Gasteiger partial charge on any atom is -0.344 e. The average Bonchev–Trinajstić information content (AvgIpc) is 3.34. The van der Waals surface area contributed by atoms with Crippen molar-refractivity contribution in [2.24, 2.45) is 7.05 Å². The highest BCUT2D eigenvalue weighted by Crippen LogP contribution is 2.34. The van der Waals surface area contributed by atoms with Gasteiger partial charge in [-0.05, 0) is 73.9 Å². The molecule has 2 heterocycles. The van der Waals surface area contributed by atoms with Crippen molar-refractivity contribution in [3.05, 3.63) is 127 Å². The second-order valence-corrected chi connectivity index (χ2v) is 8.94. The van der Waals surface area contributed by atoms with Crippen LogP contribution >= 0.6 is 0 Å². The number of allylic oxidation sites excluding steroid dienone is 8. The van der Waals surface area contributed by atoms with E-state index in [1.54, 1.807) is 6.08 Å². The lowest BCUT2D eigenvalue weighted by Crippen LogP contribution is -1.96. The number of rotatable bonds is 8. The number of nitrogens with zero attached hydrogens (tertiary/aromatic N) is 2. The summed E-state index contributed by atoms with van der Waals surface area (Å²) in [5.74, 6) is 0. The molecule has 2 aromatic carbocycles. The zero-order valence-corrected chi connectivity index (χ0v) is 21.8. The van der Waals surface area contributed by atoms with Crippen molar-refractivity contribution < 1.29 is 0 Å². The zero-order chi connectivity index (χ0) is 25.8. The van der Waals surface area contributed by atoms with Gasteiger partial charge < -0.3 is 9.13 Å². The Morgan fingerprint density at radius 2 is 1.69 bits per heavy atom. The largest absolute Gasteiger partial charge is 0.344 e. The van der Waals surface area contributed by atoms with E-state index >= 15 is 0 Å². The molecule has 0 atom stereocenters. The van der Waals surface area contributed by atoms with Crippen LogP contribution in [0.5, 0.6) is 0 Å². The van der Waals surface area contributed by atoms with E-state index in [0.717, 1.165) is 39.0 Å². The summed E-state index contributed by atoms with van der Waals surface area (Å²) in [5, 5.41) is 2.43. The molecule has 0 unspecified atom stereocenters. The molecule has 36 heavy (non-hydrogen) atoms. The third-order valence-corrected chi connectivity index (χ3v) is 6.75. The molecule has 0 aliphatic heterocycles. The summed E-state index contributed by atoms with van der Waals surface area (Å²) >= 11 is 0. The van der Waals surface area contributed by atoms with E-state index in [1.807, 2.05) is 25.2 Å². The first-order valence-electron chi connectivity index (χ1n) is 12.2. The molecular formula is C34H34N2. The fourth-order valence-corrected chi connectivity index (χ4v) is 4.88. The van der Waals surface area contributed by atoms with Crippen LogP contribution < -0.4 is 0 Å². The van der Waals surface area contributed by atoms with Crippen LogP contribution in [0.4, 0.5) is 0 Å². The lowest BCUT2D eigenvalue weighted by atomic mass is 10.0. The van der Waals surface area contributed by atoms with Gasteiger partial charge in [0.05, 0.1) is 11.2 Å². The van der Waals surface area contributed by atoms with Crippen LogP contribution in [0.3, 0.4) is 0 Å². The highest BCUT2D eigenvalue weighted by Gasteiger charge is 2.15. The second-order valence-electron chi connectivity index (χ2n) is 8.94. The molecule has 0 aliphatic carbocycles. The van der Waals surface area contributed by atoms with Gasteiger partial charge in [0.2, 0.25) is 0 Å². The number of aryl methyl sites for hydroxylation is 2. The molecule has 2 nitrogen and oxygen atoms in total. The van der Waals surface area contributed by atoms with Gasteiger partial charge in [-0.2, -0.15) is 0 Å². The van der Waals surface area contributed by atoms with Gasteiger partial charge in [-0.15, -0.1) is 0 Å². The molecule has 4 aromatic rings. The number of para-hydroxylation sites is 1. The Morgan fingerprint density at radius 3 is 2.39 bits per heavy atom. The number of hydrogen-bond acceptors (Lipinski definition) is 0.